The number of nitrogens with two attached hydrogens (primary N) is 1. The second kappa shape index (κ2) is 29.9. The predicted octanol–water partition coefficient (Wildman–Crippen LogP) is 8.00. The number of rotatable bonds is 33. The van der Waals surface area contributed by atoms with Crippen molar-refractivity contribution in [3.63, 3.8) is 0 Å². The van der Waals surface area contributed by atoms with Gasteiger partial charge in [-0.05, 0) is 12.8 Å². The molecule has 3 atom stereocenters. The van der Waals surface area contributed by atoms with Crippen LogP contribution in [0.2, 0.25) is 0 Å². The van der Waals surface area contributed by atoms with Crippen LogP contribution in [0.3, 0.4) is 0 Å². The molecule has 11 nitrogen and oxygen atoms in total. The monoisotopic (exact) mass is 665 g/mol. The maximum atomic E-state index is 12.5. The molecule has 0 heterocycles. The topological polar surface area (TPSA) is 172 Å². The molecule has 0 saturated heterocycles. The van der Waals surface area contributed by atoms with Gasteiger partial charge in [-0.15, -0.1) is 0 Å². The molecule has 12 heteroatoms. The van der Waals surface area contributed by atoms with Gasteiger partial charge >= 0.3 is 25.7 Å². The fraction of sp³-hybridized carbons (Fsp3) is 0.909. The molecule has 266 valence electrons. The first-order valence-corrected chi connectivity index (χ1v) is 19.1. The van der Waals surface area contributed by atoms with Crippen LogP contribution in [0.4, 0.5) is 0 Å². The van der Waals surface area contributed by atoms with Gasteiger partial charge in [-0.2, -0.15) is 0 Å². The Labute approximate surface area is 272 Å². The molecule has 0 amide bonds. The standard InChI is InChI=1S/C33H64NO10P/c1-3-5-7-9-11-13-15-17-18-20-22-24-31(35)41-26-29(27-42-45(39,40)43-28-30(34)33(37)38)44-32(36)25-23-21-19-16-14-12-10-8-6-4-2/h29-30H,3-28,34H2,1-2H3,(H,37,38)(H,39,40)/t29-,30+/m1/s1. The van der Waals surface area contributed by atoms with Crippen molar-refractivity contribution in [3.8, 4) is 0 Å². The molecule has 0 fully saturated rings. The number of carbonyl (C=O) groups is 3. The highest BCUT2D eigenvalue weighted by Crippen LogP contribution is 2.43. The van der Waals surface area contributed by atoms with E-state index >= 15 is 0 Å². The van der Waals surface area contributed by atoms with Gasteiger partial charge in [0.1, 0.15) is 12.6 Å². The molecule has 0 rings (SSSR count). The number of phosphoric ester groups is 1. The Morgan fingerprint density at radius 2 is 0.978 bits per heavy atom. The van der Waals surface area contributed by atoms with Crippen LogP contribution >= 0.6 is 7.82 Å². The third-order valence-corrected chi connectivity index (χ3v) is 8.56. The summed E-state index contributed by atoms with van der Waals surface area (Å²) in [6.45, 7) is 2.75. The van der Waals surface area contributed by atoms with E-state index in [1.54, 1.807) is 0 Å². The largest absolute Gasteiger partial charge is 0.480 e. The Morgan fingerprint density at radius 1 is 0.600 bits per heavy atom. The lowest BCUT2D eigenvalue weighted by atomic mass is 10.1. The number of unbranched alkanes of at least 4 members (excludes halogenated alkanes) is 19. The number of ether oxygens (including phenoxy) is 2. The molecule has 0 aromatic heterocycles. The quantitative estimate of drug-likeness (QED) is 0.0352. The summed E-state index contributed by atoms with van der Waals surface area (Å²) < 4.78 is 32.4. The Morgan fingerprint density at radius 3 is 1.40 bits per heavy atom. The van der Waals surface area contributed by atoms with Crippen LogP contribution in [0.1, 0.15) is 162 Å². The van der Waals surface area contributed by atoms with Gasteiger partial charge in [0.25, 0.3) is 0 Å². The van der Waals surface area contributed by atoms with Crippen LogP contribution in [0.5, 0.6) is 0 Å². The molecular formula is C33H64NO10P. The molecule has 0 spiro atoms. The third kappa shape index (κ3) is 29.6. The van der Waals surface area contributed by atoms with Gasteiger partial charge in [-0.25, -0.2) is 4.57 Å². The first kappa shape index (κ1) is 43.5. The summed E-state index contributed by atoms with van der Waals surface area (Å²) in [5.74, 6) is -2.37. The van der Waals surface area contributed by atoms with E-state index in [1.165, 1.54) is 83.5 Å². The molecule has 45 heavy (non-hydrogen) atoms. The normalized spacial score (nSPS) is 14.0. The van der Waals surface area contributed by atoms with Crippen LogP contribution in [0.15, 0.2) is 0 Å². The van der Waals surface area contributed by atoms with Crippen LogP contribution in [0, 0.1) is 0 Å². The summed E-state index contributed by atoms with van der Waals surface area (Å²) in [6.07, 6.45) is 23.3. The number of esters is 2. The molecule has 1 unspecified atom stereocenters. The van der Waals surface area contributed by atoms with Crippen molar-refractivity contribution >= 4 is 25.7 Å². The number of phosphoric acid groups is 1. The summed E-state index contributed by atoms with van der Waals surface area (Å²) in [5.41, 5.74) is 5.30. The molecule has 0 aliphatic carbocycles. The summed E-state index contributed by atoms with van der Waals surface area (Å²) in [5, 5.41) is 8.82. The smallest absolute Gasteiger partial charge is 0.472 e. The zero-order chi connectivity index (χ0) is 33.6. The van der Waals surface area contributed by atoms with Gasteiger partial charge < -0.3 is 25.2 Å². The fourth-order valence-electron chi connectivity index (χ4n) is 4.77. The predicted molar refractivity (Wildman–Crippen MR) is 176 cm³/mol. The van der Waals surface area contributed by atoms with E-state index in [1.807, 2.05) is 0 Å². The zero-order valence-electron chi connectivity index (χ0n) is 28.2. The average Bonchev–Trinajstić information content (AvgIpc) is 3.00. The maximum Gasteiger partial charge on any atom is 0.472 e. The number of hydrogen-bond acceptors (Lipinski definition) is 9. The Balaban J connectivity index is 4.47. The van der Waals surface area contributed by atoms with E-state index < -0.39 is 51.1 Å². The summed E-state index contributed by atoms with van der Waals surface area (Å²) in [6, 6.07) is -1.51. The Bertz CT molecular complexity index is 797. The highest BCUT2D eigenvalue weighted by molar-refractivity contribution is 7.47. The van der Waals surface area contributed by atoms with Crippen molar-refractivity contribution < 1.29 is 47.5 Å². The molecule has 0 bridgehead atoms. The molecule has 0 aliphatic heterocycles. The van der Waals surface area contributed by atoms with E-state index in [0.717, 1.165) is 38.5 Å². The summed E-state index contributed by atoms with van der Waals surface area (Å²) in [4.78, 5) is 45.5. The average molecular weight is 666 g/mol. The first-order valence-electron chi connectivity index (χ1n) is 17.6. The van der Waals surface area contributed by atoms with Gasteiger partial charge in [0.2, 0.25) is 0 Å². The zero-order valence-corrected chi connectivity index (χ0v) is 29.1. The second-order valence-electron chi connectivity index (χ2n) is 12.0. The van der Waals surface area contributed by atoms with Crippen LogP contribution in [-0.4, -0.2) is 59.9 Å². The van der Waals surface area contributed by atoms with Crippen molar-refractivity contribution in [2.45, 2.75) is 174 Å². The third-order valence-electron chi connectivity index (χ3n) is 7.61. The van der Waals surface area contributed by atoms with E-state index in [0.29, 0.717) is 12.8 Å². The highest BCUT2D eigenvalue weighted by Gasteiger charge is 2.28. The van der Waals surface area contributed by atoms with Gasteiger partial charge in [0, 0.05) is 12.8 Å². The van der Waals surface area contributed by atoms with Crippen molar-refractivity contribution in [3.05, 3.63) is 0 Å². The van der Waals surface area contributed by atoms with Crippen molar-refractivity contribution in [1.82, 2.24) is 0 Å². The SMILES string of the molecule is CCCCCCCCCCCCCC(=O)OC[C@H](COP(=O)(O)OC[C@H](N)C(=O)O)OC(=O)CCCCCCCCCCCC. The minimum absolute atomic E-state index is 0.167. The van der Waals surface area contributed by atoms with Crippen molar-refractivity contribution in [2.24, 2.45) is 5.73 Å². The van der Waals surface area contributed by atoms with E-state index in [-0.39, 0.29) is 19.4 Å². The molecular weight excluding hydrogens is 601 g/mol. The van der Waals surface area contributed by atoms with Crippen molar-refractivity contribution in [1.29, 1.82) is 0 Å². The fourth-order valence-corrected chi connectivity index (χ4v) is 5.55. The van der Waals surface area contributed by atoms with Gasteiger partial charge in [-0.3, -0.25) is 23.4 Å². The van der Waals surface area contributed by atoms with E-state index in [9.17, 15) is 23.8 Å². The molecule has 0 aromatic carbocycles. The number of carbonyl (C=O) groups excluding carboxylic acids is 2. The second-order valence-corrected chi connectivity index (χ2v) is 13.5. The van der Waals surface area contributed by atoms with Crippen LogP contribution in [-0.2, 0) is 37.5 Å². The number of carboxylic acids is 1. The summed E-state index contributed by atoms with van der Waals surface area (Å²) in [7, 11) is -4.69. The summed E-state index contributed by atoms with van der Waals surface area (Å²) >= 11 is 0. The number of carboxylic acid groups (broad SMARTS) is 1. The molecule has 0 aliphatic rings. The molecule has 0 radical (unpaired) electrons. The van der Waals surface area contributed by atoms with Gasteiger partial charge in [0.05, 0.1) is 13.2 Å². The lowest BCUT2D eigenvalue weighted by molar-refractivity contribution is -0.161. The van der Waals surface area contributed by atoms with E-state index in [2.05, 4.69) is 18.4 Å². The molecule has 0 saturated carbocycles. The van der Waals surface area contributed by atoms with Crippen molar-refractivity contribution in [2.75, 3.05) is 19.8 Å². The maximum absolute atomic E-state index is 12.5. The minimum Gasteiger partial charge on any atom is -0.480 e. The number of hydrogen-bond donors (Lipinski definition) is 3. The molecule has 4 N–H and O–H groups in total. The minimum atomic E-state index is -4.69. The van der Waals surface area contributed by atoms with Gasteiger partial charge in [0.15, 0.2) is 6.10 Å². The number of aliphatic carboxylic acids is 1. The Kier molecular flexibility index (Phi) is 28.8. The van der Waals surface area contributed by atoms with Crippen LogP contribution in [0.25, 0.3) is 0 Å². The van der Waals surface area contributed by atoms with E-state index in [4.69, 9.17) is 24.8 Å². The molecule has 0 aromatic rings. The van der Waals surface area contributed by atoms with Crippen LogP contribution < -0.4 is 5.73 Å². The Hall–Kier alpha value is -1.52. The van der Waals surface area contributed by atoms with Gasteiger partial charge in [-0.1, -0.05) is 136 Å². The highest BCUT2D eigenvalue weighted by atomic mass is 31.2. The first-order chi connectivity index (χ1) is 21.6. The lowest BCUT2D eigenvalue weighted by Crippen LogP contribution is -2.34. The lowest BCUT2D eigenvalue weighted by Gasteiger charge is -2.20.